The van der Waals surface area contributed by atoms with Crippen LogP contribution in [-0.4, -0.2) is 20.0 Å². The van der Waals surface area contributed by atoms with Crippen LogP contribution in [0.15, 0.2) is 12.2 Å². The van der Waals surface area contributed by atoms with Crippen LogP contribution in [0, 0.1) is 0 Å². The van der Waals surface area contributed by atoms with Gasteiger partial charge in [0.05, 0.1) is 5.75 Å². The van der Waals surface area contributed by atoms with Gasteiger partial charge in [-0.1, -0.05) is 6.58 Å². The fraction of sp³-hybridized carbons (Fsp3) is 0.571. The lowest BCUT2D eigenvalue weighted by Crippen LogP contribution is -2.03. The van der Waals surface area contributed by atoms with Crippen LogP contribution in [0.25, 0.3) is 0 Å². The Morgan fingerprint density at radius 2 is 2.00 bits per heavy atom. The molecule has 0 aliphatic heterocycles. The molecule has 0 aromatic carbocycles. The summed E-state index contributed by atoms with van der Waals surface area (Å²) >= 11 is 0. The van der Waals surface area contributed by atoms with Crippen molar-refractivity contribution in [3.8, 4) is 0 Å². The number of ketones is 1. The summed E-state index contributed by atoms with van der Waals surface area (Å²) in [6, 6.07) is 0. The summed E-state index contributed by atoms with van der Waals surface area (Å²) in [4.78, 5) is 10.9. The van der Waals surface area contributed by atoms with Crippen molar-refractivity contribution in [2.45, 2.75) is 19.8 Å². The number of allylic oxidation sites excluding steroid dienone is 1. The van der Waals surface area contributed by atoms with Crippen molar-refractivity contribution in [1.82, 2.24) is 0 Å². The molecule has 0 bridgehead atoms. The molecule has 0 radical (unpaired) electrons. The van der Waals surface area contributed by atoms with Crippen LogP contribution in [-0.2, 0) is 13.8 Å². The molecule has 0 aliphatic carbocycles. The van der Waals surface area contributed by atoms with E-state index in [-0.39, 0.29) is 24.4 Å². The van der Waals surface area contributed by atoms with Crippen molar-refractivity contribution in [3.63, 3.8) is 0 Å². The van der Waals surface area contributed by atoms with Crippen LogP contribution in [0.1, 0.15) is 19.8 Å². The first-order valence-electron chi connectivity index (χ1n) is 3.44. The van der Waals surface area contributed by atoms with E-state index in [9.17, 15) is 13.2 Å². The summed E-state index contributed by atoms with van der Waals surface area (Å²) in [5, 5.41) is 0. The van der Waals surface area contributed by atoms with Gasteiger partial charge in [-0.05, 0) is 18.9 Å². The molecule has 0 N–H and O–H groups in total. The minimum Gasteiger partial charge on any atom is -0.295 e. The zero-order valence-electron chi connectivity index (χ0n) is 6.84. The normalized spacial score (nSPS) is 11.2. The monoisotopic (exact) mass is 210 g/mol. The van der Waals surface area contributed by atoms with Crippen LogP contribution < -0.4 is 0 Å². The van der Waals surface area contributed by atoms with Gasteiger partial charge in [-0.25, -0.2) is 8.42 Å². The molecule has 12 heavy (non-hydrogen) atoms. The average Bonchev–Trinajstić information content (AvgIpc) is 1.84. The summed E-state index contributed by atoms with van der Waals surface area (Å²) in [6.07, 6.45) is 0.457. The first-order valence-corrected chi connectivity index (χ1v) is 5.92. The van der Waals surface area contributed by atoms with Gasteiger partial charge >= 0.3 is 0 Å². The van der Waals surface area contributed by atoms with Gasteiger partial charge in [0.25, 0.3) is 0 Å². The van der Waals surface area contributed by atoms with Gasteiger partial charge in [0.2, 0.25) is 9.05 Å². The minimum absolute atomic E-state index is 0.115. The second-order valence-electron chi connectivity index (χ2n) is 2.55. The first kappa shape index (κ1) is 11.6. The van der Waals surface area contributed by atoms with Crippen molar-refractivity contribution in [1.29, 1.82) is 0 Å². The number of halogens is 1. The van der Waals surface area contributed by atoms with Gasteiger partial charge in [-0.3, -0.25) is 4.79 Å². The highest BCUT2D eigenvalue weighted by molar-refractivity contribution is 8.13. The molecule has 0 aromatic heterocycles. The van der Waals surface area contributed by atoms with Crippen molar-refractivity contribution in [2.75, 3.05) is 5.75 Å². The van der Waals surface area contributed by atoms with Crippen molar-refractivity contribution in [2.24, 2.45) is 0 Å². The second kappa shape index (κ2) is 4.62. The number of rotatable bonds is 5. The van der Waals surface area contributed by atoms with Crippen LogP contribution in [0.2, 0.25) is 0 Å². The first-order chi connectivity index (χ1) is 5.33. The molecule has 0 fully saturated rings. The lowest BCUT2D eigenvalue weighted by atomic mass is 10.1. The summed E-state index contributed by atoms with van der Waals surface area (Å²) in [6.45, 7) is 5.03. The molecule has 0 spiro atoms. The Bertz CT molecular complexity index is 279. The molecular formula is C7H11ClO3S. The van der Waals surface area contributed by atoms with E-state index in [0.29, 0.717) is 5.57 Å². The summed E-state index contributed by atoms with van der Waals surface area (Å²) < 4.78 is 20.8. The molecule has 0 saturated heterocycles. The van der Waals surface area contributed by atoms with Crippen LogP contribution in [0.3, 0.4) is 0 Å². The van der Waals surface area contributed by atoms with Crippen LogP contribution in [0.5, 0.6) is 0 Å². The molecule has 0 heterocycles. The summed E-state index contributed by atoms with van der Waals surface area (Å²) in [5.74, 6) is -0.275. The van der Waals surface area contributed by atoms with Gasteiger partial charge in [0.1, 0.15) is 0 Å². The quantitative estimate of drug-likeness (QED) is 0.510. The molecule has 5 heteroatoms. The molecule has 0 aromatic rings. The smallest absolute Gasteiger partial charge is 0.232 e. The molecule has 0 unspecified atom stereocenters. The molecular weight excluding hydrogens is 200 g/mol. The molecule has 70 valence electrons. The third kappa shape index (κ3) is 6.37. The van der Waals surface area contributed by atoms with Crippen LogP contribution >= 0.6 is 10.7 Å². The number of Topliss-reactive ketones (excluding diaryl/α,β-unsaturated/α-hetero) is 1. The topological polar surface area (TPSA) is 51.2 Å². The van der Waals surface area contributed by atoms with Gasteiger partial charge in [-0.2, -0.15) is 0 Å². The minimum atomic E-state index is -3.46. The third-order valence-corrected chi connectivity index (χ3v) is 2.51. The van der Waals surface area contributed by atoms with E-state index in [4.69, 9.17) is 10.7 Å². The predicted molar refractivity (Wildman–Crippen MR) is 48.7 cm³/mol. The lowest BCUT2D eigenvalue weighted by Gasteiger charge is -1.97. The number of carbonyl (C=O) groups is 1. The summed E-state index contributed by atoms with van der Waals surface area (Å²) in [7, 11) is 1.48. The van der Waals surface area contributed by atoms with Gasteiger partial charge < -0.3 is 0 Å². The molecule has 0 rings (SSSR count). The Morgan fingerprint density at radius 1 is 1.50 bits per heavy atom. The van der Waals surface area contributed by atoms with E-state index < -0.39 is 9.05 Å². The fourth-order valence-corrected chi connectivity index (χ4v) is 1.43. The molecule has 0 saturated carbocycles. The van der Waals surface area contributed by atoms with Gasteiger partial charge in [0, 0.05) is 17.1 Å². The average molecular weight is 211 g/mol. The number of hydrogen-bond donors (Lipinski definition) is 0. The van der Waals surface area contributed by atoms with Crippen molar-refractivity contribution in [3.05, 3.63) is 12.2 Å². The highest BCUT2D eigenvalue weighted by Crippen LogP contribution is 2.04. The Labute approximate surface area is 76.8 Å². The second-order valence-corrected chi connectivity index (χ2v) is 5.45. The Balaban J connectivity index is 3.73. The zero-order chi connectivity index (χ0) is 9.78. The SMILES string of the molecule is C=C(C)C(=O)CCCS(=O)(=O)Cl. The highest BCUT2D eigenvalue weighted by Gasteiger charge is 2.07. The summed E-state index contributed by atoms with van der Waals surface area (Å²) in [5.41, 5.74) is 0.446. The molecule has 0 amide bonds. The largest absolute Gasteiger partial charge is 0.295 e. The van der Waals surface area contributed by atoms with Gasteiger partial charge in [-0.15, -0.1) is 0 Å². The number of carbonyl (C=O) groups excluding carboxylic acids is 1. The Morgan fingerprint density at radius 3 is 2.33 bits per heavy atom. The Hall–Kier alpha value is -0.350. The Kier molecular flexibility index (Phi) is 4.49. The van der Waals surface area contributed by atoms with Gasteiger partial charge in [0.15, 0.2) is 5.78 Å². The van der Waals surface area contributed by atoms with Crippen molar-refractivity contribution < 1.29 is 13.2 Å². The maximum absolute atomic E-state index is 10.9. The highest BCUT2D eigenvalue weighted by atomic mass is 35.7. The fourth-order valence-electron chi connectivity index (χ4n) is 0.619. The molecule has 0 aliphatic rings. The van der Waals surface area contributed by atoms with E-state index in [0.717, 1.165) is 0 Å². The predicted octanol–water partition coefficient (Wildman–Crippen LogP) is 1.48. The van der Waals surface area contributed by atoms with E-state index in [1.165, 1.54) is 0 Å². The van der Waals surface area contributed by atoms with E-state index in [1.54, 1.807) is 6.92 Å². The van der Waals surface area contributed by atoms with E-state index in [2.05, 4.69) is 6.58 Å². The lowest BCUT2D eigenvalue weighted by molar-refractivity contribution is -0.115. The number of hydrogen-bond acceptors (Lipinski definition) is 3. The maximum atomic E-state index is 10.9. The standard InChI is InChI=1S/C7H11ClO3S/c1-6(2)7(9)4-3-5-12(8,10)11/h1,3-5H2,2H3. The third-order valence-electron chi connectivity index (χ3n) is 1.27. The van der Waals surface area contributed by atoms with E-state index in [1.807, 2.05) is 0 Å². The zero-order valence-corrected chi connectivity index (χ0v) is 8.41. The molecule has 0 atom stereocenters. The maximum Gasteiger partial charge on any atom is 0.232 e. The van der Waals surface area contributed by atoms with E-state index >= 15 is 0 Å². The van der Waals surface area contributed by atoms with Crippen LogP contribution in [0.4, 0.5) is 0 Å². The molecule has 3 nitrogen and oxygen atoms in total. The van der Waals surface area contributed by atoms with Crippen molar-refractivity contribution >= 4 is 25.5 Å².